The second-order valence-electron chi connectivity index (χ2n) is 2.16. The molecule has 4 heteroatoms. The second-order valence-corrected chi connectivity index (χ2v) is 3.11. The van der Waals surface area contributed by atoms with Crippen molar-refractivity contribution in [2.45, 2.75) is 12.3 Å². The molecule has 0 aromatic carbocycles. The van der Waals surface area contributed by atoms with E-state index in [1.807, 2.05) is 13.0 Å². The van der Waals surface area contributed by atoms with Gasteiger partial charge >= 0.3 is 0 Å². The van der Waals surface area contributed by atoms with Crippen molar-refractivity contribution in [3.8, 4) is 5.88 Å². The van der Waals surface area contributed by atoms with Crippen LogP contribution in [0.15, 0.2) is 12.1 Å². The Labute approximate surface area is 85.0 Å². The van der Waals surface area contributed by atoms with Gasteiger partial charge in [0.2, 0.25) is 5.88 Å². The third-order valence-corrected chi connectivity index (χ3v) is 2.14. The van der Waals surface area contributed by atoms with Crippen LogP contribution in [0.2, 0.25) is 5.15 Å². The van der Waals surface area contributed by atoms with Gasteiger partial charge in [-0.3, -0.25) is 0 Å². The minimum atomic E-state index is 0.461. The van der Waals surface area contributed by atoms with Gasteiger partial charge in [0.1, 0.15) is 5.15 Å². The first-order valence-electron chi connectivity index (χ1n) is 3.62. The molecule has 0 fully saturated rings. The first-order chi connectivity index (χ1) is 5.77. The number of halogens is 2. The summed E-state index contributed by atoms with van der Waals surface area (Å²) in [7, 11) is 0. The lowest BCUT2D eigenvalue weighted by molar-refractivity contribution is 0.324. The van der Waals surface area contributed by atoms with Crippen molar-refractivity contribution in [3.05, 3.63) is 22.8 Å². The van der Waals surface area contributed by atoms with Crippen molar-refractivity contribution >= 4 is 27.5 Å². The standard InChI is InChI=1S/C8H9BrClNO/c1-2-12-8-6(5-9)3-4-7(10)11-8/h3-4H,2,5H2,1H3. The smallest absolute Gasteiger partial charge is 0.218 e. The monoisotopic (exact) mass is 249 g/mol. The lowest BCUT2D eigenvalue weighted by Gasteiger charge is -2.06. The summed E-state index contributed by atoms with van der Waals surface area (Å²) < 4.78 is 5.28. The Morgan fingerprint density at radius 2 is 2.33 bits per heavy atom. The van der Waals surface area contributed by atoms with Crippen molar-refractivity contribution in [2.75, 3.05) is 6.61 Å². The minimum absolute atomic E-state index is 0.461. The molecule has 0 aliphatic carbocycles. The van der Waals surface area contributed by atoms with Crippen LogP contribution in [0.4, 0.5) is 0 Å². The van der Waals surface area contributed by atoms with Crippen molar-refractivity contribution in [1.29, 1.82) is 0 Å². The SMILES string of the molecule is CCOc1nc(Cl)ccc1CBr. The van der Waals surface area contributed by atoms with E-state index in [1.54, 1.807) is 6.07 Å². The van der Waals surface area contributed by atoms with Gasteiger partial charge < -0.3 is 4.74 Å². The summed E-state index contributed by atoms with van der Waals surface area (Å²) in [4.78, 5) is 4.05. The zero-order valence-electron chi connectivity index (χ0n) is 6.68. The molecule has 0 radical (unpaired) electrons. The molecule has 0 aliphatic rings. The van der Waals surface area contributed by atoms with Crippen molar-refractivity contribution in [2.24, 2.45) is 0 Å². The van der Waals surface area contributed by atoms with Gasteiger partial charge in [0.15, 0.2) is 0 Å². The number of alkyl halides is 1. The summed E-state index contributed by atoms with van der Waals surface area (Å²) in [6, 6.07) is 3.65. The molecular weight excluding hydrogens is 241 g/mol. The Kier molecular flexibility index (Phi) is 3.82. The maximum absolute atomic E-state index is 5.70. The van der Waals surface area contributed by atoms with Crippen LogP contribution in [0.3, 0.4) is 0 Å². The summed E-state index contributed by atoms with van der Waals surface area (Å²) in [6.07, 6.45) is 0. The van der Waals surface area contributed by atoms with Crippen LogP contribution < -0.4 is 4.74 Å². The van der Waals surface area contributed by atoms with Gasteiger partial charge in [-0.2, -0.15) is 0 Å². The number of nitrogens with zero attached hydrogens (tertiary/aromatic N) is 1. The van der Waals surface area contributed by atoms with Gasteiger partial charge in [0.05, 0.1) is 6.61 Å². The van der Waals surface area contributed by atoms with Crippen LogP contribution in [0.5, 0.6) is 5.88 Å². The Hall–Kier alpha value is -0.280. The molecule has 0 spiro atoms. The van der Waals surface area contributed by atoms with Crippen molar-refractivity contribution in [1.82, 2.24) is 4.98 Å². The zero-order valence-corrected chi connectivity index (χ0v) is 9.02. The Morgan fingerprint density at radius 3 is 2.92 bits per heavy atom. The van der Waals surface area contributed by atoms with E-state index in [0.717, 1.165) is 10.9 Å². The molecule has 0 unspecified atom stereocenters. The summed E-state index contributed by atoms with van der Waals surface area (Å²) in [5, 5.41) is 1.19. The van der Waals surface area contributed by atoms with Gasteiger partial charge in [0, 0.05) is 10.9 Å². The Balaban J connectivity index is 2.95. The predicted molar refractivity (Wildman–Crippen MR) is 53.0 cm³/mol. The number of aromatic nitrogens is 1. The predicted octanol–water partition coefficient (Wildman–Crippen LogP) is 3.03. The van der Waals surface area contributed by atoms with E-state index in [1.165, 1.54) is 0 Å². The van der Waals surface area contributed by atoms with E-state index in [0.29, 0.717) is 17.6 Å². The van der Waals surface area contributed by atoms with Crippen LogP contribution >= 0.6 is 27.5 Å². The number of ether oxygens (including phenoxy) is 1. The second kappa shape index (κ2) is 4.67. The minimum Gasteiger partial charge on any atom is -0.478 e. The number of hydrogen-bond acceptors (Lipinski definition) is 2. The maximum atomic E-state index is 5.70. The van der Waals surface area contributed by atoms with Crippen molar-refractivity contribution < 1.29 is 4.74 Å². The quantitative estimate of drug-likeness (QED) is 0.608. The average molecular weight is 251 g/mol. The fourth-order valence-electron chi connectivity index (χ4n) is 0.810. The van der Waals surface area contributed by atoms with Crippen LogP contribution in [-0.4, -0.2) is 11.6 Å². The van der Waals surface area contributed by atoms with Crippen LogP contribution in [0.25, 0.3) is 0 Å². The summed E-state index contributed by atoms with van der Waals surface area (Å²) in [5.74, 6) is 0.613. The zero-order chi connectivity index (χ0) is 8.97. The lowest BCUT2D eigenvalue weighted by atomic mass is 10.3. The highest BCUT2D eigenvalue weighted by atomic mass is 79.9. The fraction of sp³-hybridized carbons (Fsp3) is 0.375. The third kappa shape index (κ3) is 2.35. The lowest BCUT2D eigenvalue weighted by Crippen LogP contribution is -1.97. The van der Waals surface area contributed by atoms with Crippen LogP contribution in [-0.2, 0) is 5.33 Å². The van der Waals surface area contributed by atoms with Crippen LogP contribution in [0.1, 0.15) is 12.5 Å². The average Bonchev–Trinajstić information content (AvgIpc) is 2.05. The number of pyridine rings is 1. The fourth-order valence-corrected chi connectivity index (χ4v) is 1.38. The largest absolute Gasteiger partial charge is 0.478 e. The van der Waals surface area contributed by atoms with Gasteiger partial charge in [-0.15, -0.1) is 0 Å². The van der Waals surface area contributed by atoms with Gasteiger partial charge in [-0.1, -0.05) is 27.5 Å². The molecule has 0 aliphatic heterocycles. The summed E-state index contributed by atoms with van der Waals surface area (Å²) in [5.41, 5.74) is 1.02. The molecule has 0 bridgehead atoms. The maximum Gasteiger partial charge on any atom is 0.218 e. The molecule has 1 aromatic heterocycles. The van der Waals surface area contributed by atoms with E-state index in [2.05, 4.69) is 20.9 Å². The van der Waals surface area contributed by atoms with E-state index < -0.39 is 0 Å². The Morgan fingerprint density at radius 1 is 1.58 bits per heavy atom. The van der Waals surface area contributed by atoms with Gasteiger partial charge in [0.25, 0.3) is 0 Å². The van der Waals surface area contributed by atoms with Gasteiger partial charge in [-0.25, -0.2) is 4.98 Å². The molecule has 2 nitrogen and oxygen atoms in total. The molecule has 0 atom stereocenters. The molecule has 66 valence electrons. The number of rotatable bonds is 3. The van der Waals surface area contributed by atoms with E-state index >= 15 is 0 Å². The Bertz CT molecular complexity index is 267. The highest BCUT2D eigenvalue weighted by molar-refractivity contribution is 9.08. The normalized spacial score (nSPS) is 9.92. The molecule has 0 saturated carbocycles. The highest BCUT2D eigenvalue weighted by Gasteiger charge is 2.03. The molecule has 0 amide bonds. The highest BCUT2D eigenvalue weighted by Crippen LogP contribution is 2.20. The van der Waals surface area contributed by atoms with E-state index in [9.17, 15) is 0 Å². The first kappa shape index (κ1) is 9.81. The molecule has 12 heavy (non-hydrogen) atoms. The van der Waals surface area contributed by atoms with Crippen molar-refractivity contribution in [3.63, 3.8) is 0 Å². The molecule has 1 rings (SSSR count). The van der Waals surface area contributed by atoms with Gasteiger partial charge in [-0.05, 0) is 19.1 Å². The topological polar surface area (TPSA) is 22.1 Å². The molecular formula is C8H9BrClNO. The molecule has 0 N–H and O–H groups in total. The molecule has 0 saturated heterocycles. The molecule has 1 heterocycles. The van der Waals surface area contributed by atoms with E-state index in [4.69, 9.17) is 16.3 Å². The van der Waals surface area contributed by atoms with E-state index in [-0.39, 0.29) is 0 Å². The molecule has 1 aromatic rings. The number of hydrogen-bond donors (Lipinski definition) is 0. The third-order valence-electron chi connectivity index (χ3n) is 1.33. The summed E-state index contributed by atoms with van der Waals surface area (Å²) in [6.45, 7) is 2.52. The van der Waals surface area contributed by atoms with Crippen LogP contribution in [0, 0.1) is 0 Å². The first-order valence-corrected chi connectivity index (χ1v) is 5.12. The summed E-state index contributed by atoms with van der Waals surface area (Å²) >= 11 is 9.04.